The number of allylic oxidation sites excluding steroid dienone is 1. The lowest BCUT2D eigenvalue weighted by Crippen LogP contribution is -2.42. The summed E-state index contributed by atoms with van der Waals surface area (Å²) < 4.78 is 7.29. The minimum Gasteiger partial charge on any atom is -0.378 e. The number of hydrogen-bond donors (Lipinski definition) is 0. The predicted molar refractivity (Wildman–Crippen MR) is 114 cm³/mol. The van der Waals surface area contributed by atoms with E-state index in [0.717, 1.165) is 22.0 Å². The van der Waals surface area contributed by atoms with Crippen LogP contribution in [-0.4, -0.2) is 41.7 Å². The van der Waals surface area contributed by atoms with Crippen LogP contribution in [0.3, 0.4) is 0 Å². The molecule has 0 unspecified atom stereocenters. The highest BCUT2D eigenvalue weighted by Crippen LogP contribution is 2.27. The summed E-state index contributed by atoms with van der Waals surface area (Å²) >= 11 is 5.96. The minimum absolute atomic E-state index is 0.0720. The highest BCUT2D eigenvalue weighted by atomic mass is 35.5. The third-order valence-electron chi connectivity index (χ3n) is 5.06. The fraction of sp³-hybridized carbons (Fsp3) is 0.217. The second kappa shape index (κ2) is 8.52. The fourth-order valence-corrected chi connectivity index (χ4v) is 3.67. The van der Waals surface area contributed by atoms with Crippen LogP contribution in [0.2, 0.25) is 5.02 Å². The fourth-order valence-electron chi connectivity index (χ4n) is 3.54. The Morgan fingerprint density at radius 1 is 1.14 bits per heavy atom. The van der Waals surface area contributed by atoms with Gasteiger partial charge in [-0.05, 0) is 29.8 Å². The lowest BCUT2D eigenvalue weighted by atomic mass is 10.0. The van der Waals surface area contributed by atoms with Gasteiger partial charge in [0.15, 0.2) is 0 Å². The standard InChI is InChI=1S/C23H20ClN3O2/c24-20-7-5-17(6-8-20)18(14-25)13-19-15-27(22-4-2-1-3-21(19)22)16-23(28)26-9-11-29-12-10-26/h1-8,13,15H,9-12,16H2/b18-13-. The molecule has 146 valence electrons. The summed E-state index contributed by atoms with van der Waals surface area (Å²) in [4.78, 5) is 14.6. The summed E-state index contributed by atoms with van der Waals surface area (Å²) in [5.41, 5.74) is 3.22. The van der Waals surface area contributed by atoms with E-state index in [4.69, 9.17) is 16.3 Å². The number of nitriles is 1. The molecule has 0 aliphatic carbocycles. The number of para-hydroxylation sites is 1. The molecule has 29 heavy (non-hydrogen) atoms. The number of nitrogens with zero attached hydrogens (tertiary/aromatic N) is 3. The summed E-state index contributed by atoms with van der Waals surface area (Å²) in [5, 5.41) is 11.3. The molecule has 0 radical (unpaired) electrons. The van der Waals surface area contributed by atoms with Crippen LogP contribution < -0.4 is 0 Å². The van der Waals surface area contributed by atoms with E-state index in [-0.39, 0.29) is 12.5 Å². The van der Waals surface area contributed by atoms with E-state index in [1.807, 2.05) is 58.1 Å². The van der Waals surface area contributed by atoms with Gasteiger partial charge in [0.1, 0.15) is 6.54 Å². The van der Waals surface area contributed by atoms with Gasteiger partial charge in [-0.2, -0.15) is 5.26 Å². The first-order chi connectivity index (χ1) is 14.2. The van der Waals surface area contributed by atoms with Crippen molar-refractivity contribution in [1.29, 1.82) is 5.26 Å². The maximum absolute atomic E-state index is 12.7. The molecule has 1 aromatic heterocycles. The first-order valence-electron chi connectivity index (χ1n) is 9.47. The largest absolute Gasteiger partial charge is 0.378 e. The molecule has 0 atom stereocenters. The lowest BCUT2D eigenvalue weighted by Gasteiger charge is -2.27. The van der Waals surface area contributed by atoms with E-state index in [0.29, 0.717) is 36.9 Å². The lowest BCUT2D eigenvalue weighted by molar-refractivity contribution is -0.135. The Morgan fingerprint density at radius 3 is 2.59 bits per heavy atom. The first-order valence-corrected chi connectivity index (χ1v) is 9.84. The number of fused-ring (bicyclic) bond motifs is 1. The average Bonchev–Trinajstić information content (AvgIpc) is 3.10. The molecule has 3 aromatic rings. The van der Waals surface area contributed by atoms with E-state index in [2.05, 4.69) is 6.07 Å². The Labute approximate surface area is 174 Å². The molecule has 2 heterocycles. The van der Waals surface area contributed by atoms with Gasteiger partial charge >= 0.3 is 0 Å². The van der Waals surface area contributed by atoms with Crippen LogP contribution in [0.15, 0.2) is 54.7 Å². The number of benzene rings is 2. The van der Waals surface area contributed by atoms with Crippen LogP contribution in [0.25, 0.3) is 22.6 Å². The van der Waals surface area contributed by atoms with Gasteiger partial charge in [-0.3, -0.25) is 4.79 Å². The highest BCUT2D eigenvalue weighted by molar-refractivity contribution is 6.30. The van der Waals surface area contributed by atoms with E-state index in [9.17, 15) is 10.1 Å². The van der Waals surface area contributed by atoms with Crippen LogP contribution >= 0.6 is 11.6 Å². The van der Waals surface area contributed by atoms with E-state index < -0.39 is 0 Å². The van der Waals surface area contributed by atoms with Crippen molar-refractivity contribution in [2.24, 2.45) is 0 Å². The number of hydrogen-bond acceptors (Lipinski definition) is 3. The number of carbonyl (C=O) groups is 1. The van der Waals surface area contributed by atoms with Gasteiger partial charge in [0.05, 0.1) is 24.9 Å². The Balaban J connectivity index is 1.69. The van der Waals surface area contributed by atoms with Crippen molar-refractivity contribution in [3.63, 3.8) is 0 Å². The quantitative estimate of drug-likeness (QED) is 0.611. The zero-order chi connectivity index (χ0) is 20.2. The van der Waals surface area contributed by atoms with E-state index >= 15 is 0 Å². The summed E-state index contributed by atoms with van der Waals surface area (Å²) in [6, 6.07) is 17.4. The predicted octanol–water partition coefficient (Wildman–Crippen LogP) is 4.22. The Kier molecular flexibility index (Phi) is 5.66. The molecule has 0 N–H and O–H groups in total. The van der Waals surface area contributed by atoms with Crippen molar-refractivity contribution in [2.75, 3.05) is 26.3 Å². The molecule has 1 aliphatic heterocycles. The third-order valence-corrected chi connectivity index (χ3v) is 5.32. The molecule has 2 aromatic carbocycles. The maximum atomic E-state index is 12.7. The molecule has 0 spiro atoms. The number of halogens is 1. The van der Waals surface area contributed by atoms with Crippen molar-refractivity contribution in [3.8, 4) is 6.07 Å². The Bertz CT molecular complexity index is 1100. The molecule has 1 saturated heterocycles. The number of rotatable bonds is 4. The normalized spacial score (nSPS) is 14.8. The SMILES string of the molecule is N#C/C(=C/c1cn(CC(=O)N2CCOCC2)c2ccccc12)c1ccc(Cl)cc1. The van der Waals surface area contributed by atoms with Crippen molar-refractivity contribution >= 4 is 40.1 Å². The van der Waals surface area contributed by atoms with Gasteiger partial charge in [0, 0.05) is 40.8 Å². The van der Waals surface area contributed by atoms with Crippen LogP contribution in [0.5, 0.6) is 0 Å². The average molecular weight is 406 g/mol. The second-order valence-corrected chi connectivity index (χ2v) is 7.34. The van der Waals surface area contributed by atoms with E-state index in [1.54, 1.807) is 12.1 Å². The van der Waals surface area contributed by atoms with Gasteiger partial charge < -0.3 is 14.2 Å². The molecule has 1 fully saturated rings. The van der Waals surface area contributed by atoms with Crippen molar-refractivity contribution in [2.45, 2.75) is 6.54 Å². The van der Waals surface area contributed by atoms with Crippen molar-refractivity contribution < 1.29 is 9.53 Å². The van der Waals surface area contributed by atoms with Gasteiger partial charge in [0.25, 0.3) is 0 Å². The highest BCUT2D eigenvalue weighted by Gasteiger charge is 2.18. The van der Waals surface area contributed by atoms with Gasteiger partial charge in [-0.25, -0.2) is 0 Å². The summed E-state index contributed by atoms with van der Waals surface area (Å²) in [6.45, 7) is 2.68. The molecule has 5 nitrogen and oxygen atoms in total. The van der Waals surface area contributed by atoms with Crippen molar-refractivity contribution in [3.05, 3.63) is 70.9 Å². The van der Waals surface area contributed by atoms with Crippen LogP contribution in [0.1, 0.15) is 11.1 Å². The van der Waals surface area contributed by atoms with Crippen molar-refractivity contribution in [1.82, 2.24) is 9.47 Å². The summed E-state index contributed by atoms with van der Waals surface area (Å²) in [6.07, 6.45) is 3.80. The number of ether oxygens (including phenoxy) is 1. The second-order valence-electron chi connectivity index (χ2n) is 6.90. The zero-order valence-electron chi connectivity index (χ0n) is 15.8. The number of morpholine rings is 1. The molecular formula is C23H20ClN3O2. The Morgan fingerprint density at radius 2 is 1.86 bits per heavy atom. The monoisotopic (exact) mass is 405 g/mol. The topological polar surface area (TPSA) is 58.3 Å². The zero-order valence-corrected chi connectivity index (χ0v) is 16.6. The number of amides is 1. The minimum atomic E-state index is 0.0720. The number of carbonyl (C=O) groups excluding carboxylic acids is 1. The molecule has 1 aliphatic rings. The van der Waals surface area contributed by atoms with Gasteiger partial charge in [0.2, 0.25) is 5.91 Å². The third kappa shape index (κ3) is 4.19. The van der Waals surface area contributed by atoms with E-state index in [1.165, 1.54) is 0 Å². The Hall–Kier alpha value is -3.07. The smallest absolute Gasteiger partial charge is 0.242 e. The summed E-state index contributed by atoms with van der Waals surface area (Å²) in [5.74, 6) is 0.0720. The number of aromatic nitrogens is 1. The molecule has 6 heteroatoms. The molecule has 0 bridgehead atoms. The summed E-state index contributed by atoms with van der Waals surface area (Å²) in [7, 11) is 0. The molecule has 1 amide bonds. The van der Waals surface area contributed by atoms with Crippen LogP contribution in [0, 0.1) is 11.3 Å². The van der Waals surface area contributed by atoms with Gasteiger partial charge in [-0.15, -0.1) is 0 Å². The molecule has 0 saturated carbocycles. The van der Waals surface area contributed by atoms with Crippen LogP contribution in [0.4, 0.5) is 0 Å². The molecular weight excluding hydrogens is 386 g/mol. The maximum Gasteiger partial charge on any atom is 0.242 e. The van der Waals surface area contributed by atoms with Gasteiger partial charge in [-0.1, -0.05) is 41.9 Å². The first kappa shape index (κ1) is 19.3. The van der Waals surface area contributed by atoms with Crippen LogP contribution in [-0.2, 0) is 16.1 Å². The molecule has 4 rings (SSSR count).